The van der Waals surface area contributed by atoms with Crippen LogP contribution < -0.4 is 9.80 Å². The number of carbonyl (C=O) groups is 4. The Bertz CT molecular complexity index is 1370. The molecule has 0 N–H and O–H groups in total. The Labute approximate surface area is 227 Å². The molecule has 3 aliphatic rings. The summed E-state index contributed by atoms with van der Waals surface area (Å²) < 4.78 is 0. The Morgan fingerprint density at radius 2 is 0.846 bits per heavy atom. The third-order valence-electron chi connectivity index (χ3n) is 7.93. The van der Waals surface area contributed by atoms with Crippen LogP contribution in [0, 0.1) is 0 Å². The Kier molecular flexibility index (Phi) is 6.53. The zero-order valence-electron chi connectivity index (χ0n) is 21.5. The van der Waals surface area contributed by atoms with Crippen LogP contribution in [0.15, 0.2) is 97.1 Å². The third-order valence-corrected chi connectivity index (χ3v) is 7.93. The molecule has 3 aromatic carbocycles. The number of hydrogen-bond donors (Lipinski definition) is 0. The molecule has 1 saturated carbocycles. The molecule has 194 valence electrons. The Hall–Kier alpha value is -4.58. The van der Waals surface area contributed by atoms with Crippen LogP contribution in [0.4, 0.5) is 11.4 Å². The van der Waals surface area contributed by atoms with Crippen LogP contribution in [0.1, 0.15) is 66.2 Å². The zero-order chi connectivity index (χ0) is 26.9. The number of hydrogen-bond acceptors (Lipinski definition) is 4. The van der Waals surface area contributed by atoms with Gasteiger partial charge in [-0.1, -0.05) is 67.8 Å². The van der Waals surface area contributed by atoms with Crippen LogP contribution >= 0.6 is 0 Å². The number of rotatable bonds is 6. The van der Waals surface area contributed by atoms with Crippen LogP contribution in [0.5, 0.6) is 0 Å². The summed E-state index contributed by atoms with van der Waals surface area (Å²) in [6.07, 6.45) is 11.5. The first-order valence-electron chi connectivity index (χ1n) is 13.4. The molecule has 6 rings (SSSR count). The van der Waals surface area contributed by atoms with E-state index < -0.39 is 0 Å². The third kappa shape index (κ3) is 4.74. The zero-order valence-corrected chi connectivity index (χ0v) is 21.5. The van der Waals surface area contributed by atoms with Gasteiger partial charge in [-0.15, -0.1) is 0 Å². The highest BCUT2D eigenvalue weighted by Gasteiger charge is 2.27. The van der Waals surface area contributed by atoms with Gasteiger partial charge in [-0.2, -0.15) is 0 Å². The second-order valence-corrected chi connectivity index (χ2v) is 10.3. The van der Waals surface area contributed by atoms with Gasteiger partial charge in [0.2, 0.25) is 0 Å². The van der Waals surface area contributed by atoms with E-state index in [4.69, 9.17) is 0 Å². The highest BCUT2D eigenvalue weighted by atomic mass is 16.2. The lowest BCUT2D eigenvalue weighted by Gasteiger charge is -2.24. The van der Waals surface area contributed by atoms with E-state index >= 15 is 0 Å². The minimum Gasteiger partial charge on any atom is -0.269 e. The Balaban J connectivity index is 1.34. The normalized spacial score (nSPS) is 17.8. The van der Waals surface area contributed by atoms with Crippen molar-refractivity contribution in [3.63, 3.8) is 0 Å². The van der Waals surface area contributed by atoms with Gasteiger partial charge >= 0.3 is 0 Å². The maximum Gasteiger partial charge on any atom is 0.258 e. The van der Waals surface area contributed by atoms with E-state index in [0.29, 0.717) is 17.3 Å². The predicted octanol–water partition coefficient (Wildman–Crippen LogP) is 5.77. The first-order chi connectivity index (χ1) is 19.0. The van der Waals surface area contributed by atoms with Gasteiger partial charge in [0.15, 0.2) is 0 Å². The number of imide groups is 2. The fraction of sp³-hybridized carbons (Fsp3) is 0.212. The van der Waals surface area contributed by atoms with Crippen LogP contribution in [0.2, 0.25) is 0 Å². The quantitative estimate of drug-likeness (QED) is 0.308. The summed E-state index contributed by atoms with van der Waals surface area (Å²) in [7, 11) is 0. The summed E-state index contributed by atoms with van der Waals surface area (Å²) >= 11 is 0. The average Bonchev–Trinajstić information content (AvgIpc) is 3.49. The predicted molar refractivity (Wildman–Crippen MR) is 149 cm³/mol. The number of benzene rings is 3. The summed E-state index contributed by atoms with van der Waals surface area (Å²) in [6, 6.07) is 23.8. The van der Waals surface area contributed by atoms with Crippen LogP contribution in [-0.2, 0) is 19.2 Å². The van der Waals surface area contributed by atoms with E-state index in [9.17, 15) is 19.2 Å². The molecule has 1 fully saturated rings. The summed E-state index contributed by atoms with van der Waals surface area (Å²) in [6.45, 7) is 0. The Morgan fingerprint density at radius 3 is 1.23 bits per heavy atom. The lowest BCUT2D eigenvalue weighted by atomic mass is 9.81. The molecule has 0 atom stereocenters. The minimum absolute atomic E-state index is 0.125. The van der Waals surface area contributed by atoms with Gasteiger partial charge in [0.1, 0.15) is 0 Å². The second kappa shape index (κ2) is 10.3. The number of nitrogens with zero attached hydrogens (tertiary/aromatic N) is 2. The minimum atomic E-state index is -0.348. The number of carbonyl (C=O) groups excluding carboxylic acids is 4. The van der Waals surface area contributed by atoms with Crippen molar-refractivity contribution in [1.82, 2.24) is 0 Å². The van der Waals surface area contributed by atoms with Gasteiger partial charge in [0.25, 0.3) is 23.6 Å². The molecule has 1 aliphatic carbocycles. The second-order valence-electron chi connectivity index (χ2n) is 10.3. The molecule has 4 amide bonds. The van der Waals surface area contributed by atoms with Crippen molar-refractivity contribution < 1.29 is 19.2 Å². The number of anilines is 2. The molecule has 3 aromatic rings. The average molecular weight is 517 g/mol. The summed E-state index contributed by atoms with van der Waals surface area (Å²) in [5.74, 6) is -0.910. The molecule has 2 heterocycles. The maximum atomic E-state index is 12.2. The highest BCUT2D eigenvalue weighted by molar-refractivity contribution is 6.28. The smallest absolute Gasteiger partial charge is 0.258 e. The standard InChI is InChI=1S/C33H28N2O4/c36-29-18-19-30(37)34(29)27-14-10-25(11-15-27)33(24-8-6-23(7-9-24)22-4-2-1-3-5-22)26-12-16-28(17-13-26)35-31(38)20-21-32(35)39/h6-22,33H,1-5H2. The summed E-state index contributed by atoms with van der Waals surface area (Å²) in [4.78, 5) is 50.9. The molecule has 0 bridgehead atoms. The SMILES string of the molecule is O=C1C=CC(=O)N1c1ccc(C(c2ccc(C3CCCCC3)cc2)c2ccc(N3C(=O)C=CC3=O)cc2)cc1. The molecule has 0 saturated heterocycles. The van der Waals surface area contributed by atoms with Crippen molar-refractivity contribution in [2.24, 2.45) is 0 Å². The monoisotopic (exact) mass is 516 g/mol. The van der Waals surface area contributed by atoms with Crippen molar-refractivity contribution in [3.8, 4) is 0 Å². The van der Waals surface area contributed by atoms with E-state index in [2.05, 4.69) is 24.3 Å². The summed E-state index contributed by atoms with van der Waals surface area (Å²) in [5, 5.41) is 0. The maximum absolute atomic E-state index is 12.2. The highest BCUT2D eigenvalue weighted by Crippen LogP contribution is 2.37. The summed E-state index contributed by atoms with van der Waals surface area (Å²) in [5.41, 5.74) is 5.54. The fourth-order valence-corrected chi connectivity index (χ4v) is 5.92. The van der Waals surface area contributed by atoms with E-state index in [0.717, 1.165) is 26.5 Å². The molecule has 39 heavy (non-hydrogen) atoms. The van der Waals surface area contributed by atoms with Gasteiger partial charge < -0.3 is 0 Å². The van der Waals surface area contributed by atoms with Gasteiger partial charge in [-0.05, 0) is 65.3 Å². The van der Waals surface area contributed by atoms with Crippen LogP contribution in [0.3, 0.4) is 0 Å². The molecular formula is C33H28N2O4. The van der Waals surface area contributed by atoms with E-state index in [1.54, 1.807) is 24.3 Å². The van der Waals surface area contributed by atoms with Crippen molar-refractivity contribution in [3.05, 3.63) is 119 Å². The molecule has 0 aromatic heterocycles. The van der Waals surface area contributed by atoms with Crippen molar-refractivity contribution in [2.45, 2.75) is 43.9 Å². The lowest BCUT2D eigenvalue weighted by molar-refractivity contribution is -0.121. The molecule has 6 nitrogen and oxygen atoms in total. The topological polar surface area (TPSA) is 74.8 Å². The Morgan fingerprint density at radius 1 is 0.487 bits per heavy atom. The molecule has 0 spiro atoms. The molecule has 0 radical (unpaired) electrons. The molecule has 6 heteroatoms. The van der Waals surface area contributed by atoms with E-state index in [1.807, 2.05) is 24.3 Å². The first kappa shape index (κ1) is 24.7. The van der Waals surface area contributed by atoms with Gasteiger partial charge in [-0.3, -0.25) is 19.2 Å². The van der Waals surface area contributed by atoms with Crippen LogP contribution in [0.25, 0.3) is 0 Å². The van der Waals surface area contributed by atoms with Gasteiger partial charge in [0, 0.05) is 30.2 Å². The van der Waals surface area contributed by atoms with Gasteiger partial charge in [-0.25, -0.2) is 9.80 Å². The molecule has 2 aliphatic heterocycles. The first-order valence-corrected chi connectivity index (χ1v) is 13.4. The fourth-order valence-electron chi connectivity index (χ4n) is 5.92. The number of amides is 4. The molecule has 0 unspecified atom stereocenters. The van der Waals surface area contributed by atoms with E-state index in [-0.39, 0.29) is 29.5 Å². The largest absolute Gasteiger partial charge is 0.269 e. The lowest BCUT2D eigenvalue weighted by Crippen LogP contribution is -2.29. The van der Waals surface area contributed by atoms with Crippen molar-refractivity contribution in [2.75, 3.05) is 9.80 Å². The van der Waals surface area contributed by atoms with Crippen molar-refractivity contribution >= 4 is 35.0 Å². The molecular weight excluding hydrogens is 488 g/mol. The van der Waals surface area contributed by atoms with E-state index in [1.165, 1.54) is 62.0 Å². The van der Waals surface area contributed by atoms with Crippen LogP contribution in [-0.4, -0.2) is 23.6 Å². The van der Waals surface area contributed by atoms with Gasteiger partial charge in [0.05, 0.1) is 11.4 Å². The van der Waals surface area contributed by atoms with Crippen molar-refractivity contribution in [1.29, 1.82) is 0 Å².